The summed E-state index contributed by atoms with van der Waals surface area (Å²) in [6.45, 7) is 18.7. The molecular weight excluding hydrogens is 383 g/mol. The van der Waals surface area contributed by atoms with Crippen LogP contribution < -0.4 is 24.8 Å². The van der Waals surface area contributed by atoms with Crippen LogP contribution in [0.4, 0.5) is 0 Å². The number of hydrogen-bond donors (Lipinski definition) is 4. The second-order valence-corrected chi connectivity index (χ2v) is 7.56. The van der Waals surface area contributed by atoms with Crippen molar-refractivity contribution in [1.29, 1.82) is 0 Å². The predicted molar refractivity (Wildman–Crippen MR) is 99.1 cm³/mol. The third-order valence-corrected chi connectivity index (χ3v) is 2.49. The quantitative estimate of drug-likeness (QED) is 0.180. The molecular formula is C16H36Cl2N2O4Si. The van der Waals surface area contributed by atoms with Crippen LogP contribution in [0.15, 0.2) is 50.6 Å². The van der Waals surface area contributed by atoms with Crippen molar-refractivity contribution in [2.45, 2.75) is 0 Å². The third-order valence-electron chi connectivity index (χ3n) is 2.49. The van der Waals surface area contributed by atoms with Gasteiger partial charge < -0.3 is 53.0 Å². The van der Waals surface area contributed by atoms with Crippen LogP contribution in [-0.4, -0.2) is 91.6 Å². The van der Waals surface area contributed by atoms with Gasteiger partial charge in [0.25, 0.3) is 0 Å². The first-order valence-corrected chi connectivity index (χ1v) is 9.00. The van der Waals surface area contributed by atoms with E-state index in [1.807, 2.05) is 24.3 Å². The van der Waals surface area contributed by atoms with E-state index >= 15 is 0 Å². The Labute approximate surface area is 167 Å². The van der Waals surface area contributed by atoms with Crippen LogP contribution in [0.2, 0.25) is 0 Å². The highest BCUT2D eigenvalue weighted by Crippen LogP contribution is 1.95. The van der Waals surface area contributed by atoms with Gasteiger partial charge >= 0.3 is 9.05 Å². The monoisotopic (exact) mass is 418 g/mol. The van der Waals surface area contributed by atoms with Gasteiger partial charge in [0.05, 0.1) is 54.4 Å². The lowest BCUT2D eigenvalue weighted by Gasteiger charge is -2.26. The Hall–Kier alpha value is -0.483. The second-order valence-electron chi connectivity index (χ2n) is 6.36. The lowest BCUT2D eigenvalue weighted by molar-refractivity contribution is -0.878. The van der Waals surface area contributed by atoms with E-state index in [4.69, 9.17) is 19.2 Å². The van der Waals surface area contributed by atoms with Gasteiger partial charge in [-0.1, -0.05) is 26.3 Å². The molecule has 25 heavy (non-hydrogen) atoms. The Morgan fingerprint density at radius 1 is 0.600 bits per heavy atom. The van der Waals surface area contributed by atoms with Crippen molar-refractivity contribution in [2.75, 3.05) is 54.4 Å². The van der Waals surface area contributed by atoms with Gasteiger partial charge in [0.1, 0.15) is 0 Å². The largest absolute Gasteiger partial charge is 1.00 e. The van der Waals surface area contributed by atoms with Crippen LogP contribution in [0, 0.1) is 0 Å². The summed E-state index contributed by atoms with van der Waals surface area (Å²) in [6, 6.07) is 0. The lowest BCUT2D eigenvalue weighted by Crippen LogP contribution is -3.00. The first-order chi connectivity index (χ1) is 10.2. The number of hydrogen-bond acceptors (Lipinski definition) is 4. The molecule has 0 heterocycles. The maximum atomic E-state index is 7.33. The fourth-order valence-corrected chi connectivity index (χ4v) is 1.55. The maximum absolute atomic E-state index is 7.33. The van der Waals surface area contributed by atoms with E-state index in [0.717, 1.165) is 35.1 Å². The summed E-state index contributed by atoms with van der Waals surface area (Å²) in [7, 11) is 4.01. The van der Waals surface area contributed by atoms with Crippen LogP contribution in [-0.2, 0) is 0 Å². The molecule has 0 aliphatic heterocycles. The van der Waals surface area contributed by atoms with Crippen molar-refractivity contribution in [3.05, 3.63) is 50.6 Å². The molecule has 0 aliphatic carbocycles. The first-order valence-electron chi connectivity index (χ1n) is 7.21. The number of rotatable bonds is 8. The normalized spacial score (nSPS) is 10.2. The highest BCUT2D eigenvalue weighted by Gasteiger charge is 2.22. The summed E-state index contributed by atoms with van der Waals surface area (Å²) in [6.07, 6.45) is 7.74. The van der Waals surface area contributed by atoms with Gasteiger partial charge in [0, 0.05) is 0 Å². The van der Waals surface area contributed by atoms with Crippen LogP contribution in [0.1, 0.15) is 0 Å². The molecule has 0 saturated carbocycles. The standard InChI is InChI=1S/2C8H16N.2ClH.H4O4Si/c2*1-5-7-9(3,4)8-6-2;;;1-5(2,3)4/h2*5-6H,1-2,7-8H2,3-4H3;2*1H;1-4H/q2*+1;;;/p-2. The van der Waals surface area contributed by atoms with Crippen molar-refractivity contribution >= 4 is 9.05 Å². The van der Waals surface area contributed by atoms with E-state index in [1.54, 1.807) is 0 Å². The number of likely N-dealkylation sites (N-methyl/N-ethyl adjacent to an activating group) is 2. The highest BCUT2D eigenvalue weighted by molar-refractivity contribution is 6.46. The Morgan fingerprint density at radius 2 is 0.720 bits per heavy atom. The third kappa shape index (κ3) is 45.2. The van der Waals surface area contributed by atoms with Gasteiger partial charge in [-0.3, -0.25) is 0 Å². The smallest absolute Gasteiger partial charge is 0.668 e. The Balaban J connectivity index is -0.0000000800. The van der Waals surface area contributed by atoms with Crippen LogP contribution in [0.25, 0.3) is 0 Å². The number of quaternary nitrogens is 2. The molecule has 0 spiro atoms. The van der Waals surface area contributed by atoms with Crippen molar-refractivity contribution in [1.82, 2.24) is 0 Å². The number of nitrogens with zero attached hydrogens (tertiary/aromatic N) is 2. The van der Waals surface area contributed by atoms with Gasteiger partial charge in [-0.15, -0.1) is 0 Å². The van der Waals surface area contributed by atoms with E-state index in [9.17, 15) is 0 Å². The minimum Gasteiger partial charge on any atom is -1.00 e. The highest BCUT2D eigenvalue weighted by atomic mass is 35.5. The van der Waals surface area contributed by atoms with Gasteiger partial charge in [0.15, 0.2) is 0 Å². The summed E-state index contributed by atoms with van der Waals surface area (Å²) in [5.41, 5.74) is 0. The molecule has 0 aliphatic rings. The number of halogens is 2. The van der Waals surface area contributed by atoms with Crippen LogP contribution >= 0.6 is 0 Å². The summed E-state index contributed by atoms with van der Waals surface area (Å²) in [4.78, 5) is 29.3. The maximum Gasteiger partial charge on any atom is 0.668 e. The fourth-order valence-electron chi connectivity index (χ4n) is 1.55. The van der Waals surface area contributed by atoms with Crippen molar-refractivity contribution in [2.24, 2.45) is 0 Å². The Bertz CT molecular complexity index is 303. The summed E-state index contributed by atoms with van der Waals surface area (Å²) in [5, 5.41) is 0. The molecule has 0 aromatic rings. The van der Waals surface area contributed by atoms with E-state index in [0.29, 0.717) is 0 Å². The zero-order chi connectivity index (χ0) is 19.2. The zero-order valence-electron chi connectivity index (χ0n) is 15.9. The lowest BCUT2D eigenvalue weighted by atomic mass is 10.4. The van der Waals surface area contributed by atoms with Crippen molar-refractivity contribution in [3.8, 4) is 0 Å². The van der Waals surface area contributed by atoms with Crippen LogP contribution in [0.3, 0.4) is 0 Å². The Kier molecular flexibility index (Phi) is 26.1. The van der Waals surface area contributed by atoms with Crippen molar-refractivity contribution < 1.29 is 53.0 Å². The second kappa shape index (κ2) is 18.3. The van der Waals surface area contributed by atoms with E-state index in [2.05, 4.69) is 54.5 Å². The molecule has 0 aromatic carbocycles. The SMILES string of the molecule is C=CC[N+](C)(C)CC=C.C=CC[N+](C)(C)CC=C.O[Si](O)(O)O.[Cl-].[Cl-]. The summed E-state index contributed by atoms with van der Waals surface area (Å²) < 4.78 is 1.90. The minimum atomic E-state index is -4.61. The van der Waals surface area contributed by atoms with Crippen LogP contribution in [0.5, 0.6) is 0 Å². The molecule has 0 rings (SSSR count). The fraction of sp³-hybridized carbons (Fsp3) is 0.500. The molecule has 9 heteroatoms. The molecule has 0 unspecified atom stereocenters. The summed E-state index contributed by atoms with van der Waals surface area (Å²) in [5.74, 6) is 0. The molecule has 0 amide bonds. The van der Waals surface area contributed by atoms with Gasteiger partial charge in [-0.05, 0) is 24.3 Å². The van der Waals surface area contributed by atoms with E-state index in [1.165, 1.54) is 0 Å². The first kappa shape index (κ1) is 35.6. The zero-order valence-corrected chi connectivity index (χ0v) is 18.4. The predicted octanol–water partition coefficient (Wildman–Crippen LogP) is -5.73. The molecule has 6 nitrogen and oxygen atoms in total. The van der Waals surface area contributed by atoms with Gasteiger partial charge in [0.2, 0.25) is 0 Å². The molecule has 152 valence electrons. The summed E-state index contributed by atoms with van der Waals surface area (Å²) >= 11 is 0. The molecule has 0 fully saturated rings. The topological polar surface area (TPSA) is 80.9 Å². The van der Waals surface area contributed by atoms with Gasteiger partial charge in [-0.2, -0.15) is 0 Å². The van der Waals surface area contributed by atoms with Gasteiger partial charge in [-0.25, -0.2) is 0 Å². The van der Waals surface area contributed by atoms with E-state index < -0.39 is 9.05 Å². The molecule has 0 aromatic heterocycles. The molecule has 0 radical (unpaired) electrons. The average molecular weight is 419 g/mol. The molecule has 0 atom stereocenters. The minimum absolute atomic E-state index is 0. The van der Waals surface area contributed by atoms with E-state index in [-0.39, 0.29) is 24.8 Å². The van der Waals surface area contributed by atoms with Crippen molar-refractivity contribution in [3.63, 3.8) is 0 Å². The Morgan fingerprint density at radius 3 is 0.800 bits per heavy atom. The molecule has 0 saturated heterocycles. The molecule has 0 bridgehead atoms. The molecule has 4 N–H and O–H groups in total. The average Bonchev–Trinajstić information content (AvgIpc) is 2.26.